The van der Waals surface area contributed by atoms with Crippen LogP contribution in [0.2, 0.25) is 0 Å². The summed E-state index contributed by atoms with van der Waals surface area (Å²) >= 11 is 0. The van der Waals surface area contributed by atoms with Crippen LogP contribution in [0.4, 0.5) is 0 Å². The molecule has 26 heavy (non-hydrogen) atoms. The van der Waals surface area contributed by atoms with E-state index >= 15 is 0 Å². The lowest BCUT2D eigenvalue weighted by molar-refractivity contribution is -0.147. The van der Waals surface area contributed by atoms with Crippen LogP contribution in [0.15, 0.2) is 6.07 Å². The molecule has 0 aliphatic carbocycles. The van der Waals surface area contributed by atoms with Crippen molar-refractivity contribution in [2.45, 2.75) is 65.0 Å². The highest BCUT2D eigenvalue weighted by Crippen LogP contribution is 2.24. The van der Waals surface area contributed by atoms with E-state index < -0.39 is 11.5 Å². The van der Waals surface area contributed by atoms with Crippen LogP contribution in [0, 0.1) is 6.92 Å². The largest absolute Gasteiger partial charge is 0.467 e. The Balaban J connectivity index is 2.04. The monoisotopic (exact) mass is 358 g/mol. The fourth-order valence-electron chi connectivity index (χ4n) is 3.42. The number of esters is 1. The molecule has 3 rings (SSSR count). The van der Waals surface area contributed by atoms with Gasteiger partial charge in [0, 0.05) is 18.7 Å². The Morgan fingerprint density at radius 1 is 1.31 bits per heavy atom. The second-order valence-corrected chi connectivity index (χ2v) is 7.11. The van der Waals surface area contributed by atoms with Crippen LogP contribution in [0.5, 0.6) is 0 Å². The standard InChI is InChI=1S/C19H26N4O3/c1-5-19(3,18(25)26-4)22-17(24)13-11-12(2)20-16-15(13)21-14-9-7-6-8-10-23(14)16/h11H,5-10H2,1-4H3,(H,22,24)/t19-/m1/s1. The molecule has 7 heteroatoms. The third kappa shape index (κ3) is 3.18. The molecule has 1 atom stereocenters. The summed E-state index contributed by atoms with van der Waals surface area (Å²) < 4.78 is 6.98. The zero-order valence-electron chi connectivity index (χ0n) is 15.9. The van der Waals surface area contributed by atoms with Crippen molar-refractivity contribution in [3.05, 3.63) is 23.1 Å². The molecule has 0 aromatic carbocycles. The minimum absolute atomic E-state index is 0.330. The summed E-state index contributed by atoms with van der Waals surface area (Å²) in [5.41, 5.74) is 1.49. The minimum Gasteiger partial charge on any atom is -0.467 e. The predicted octanol–water partition coefficient (Wildman–Crippen LogP) is 2.54. The number of nitrogens with one attached hydrogen (secondary N) is 1. The number of carbonyl (C=O) groups excluding carboxylic acids is 2. The topological polar surface area (TPSA) is 86.1 Å². The number of hydrogen-bond acceptors (Lipinski definition) is 5. The van der Waals surface area contributed by atoms with Crippen molar-refractivity contribution in [2.75, 3.05) is 7.11 Å². The van der Waals surface area contributed by atoms with Gasteiger partial charge in [-0.25, -0.2) is 14.8 Å². The average Bonchev–Trinajstić information content (AvgIpc) is 2.81. The summed E-state index contributed by atoms with van der Waals surface area (Å²) in [6, 6.07) is 1.73. The molecule has 0 saturated carbocycles. The van der Waals surface area contributed by atoms with Gasteiger partial charge in [0.1, 0.15) is 16.9 Å². The lowest BCUT2D eigenvalue weighted by atomic mass is 9.98. The van der Waals surface area contributed by atoms with Crippen LogP contribution in [0.25, 0.3) is 11.2 Å². The number of nitrogens with zero attached hydrogens (tertiary/aromatic N) is 3. The number of methoxy groups -OCH3 is 1. The number of ether oxygens (including phenoxy) is 1. The van der Waals surface area contributed by atoms with Gasteiger partial charge in [0.25, 0.3) is 5.91 Å². The molecule has 1 N–H and O–H groups in total. The summed E-state index contributed by atoms with van der Waals surface area (Å²) in [5.74, 6) is 0.190. The number of aryl methyl sites for hydroxylation is 3. The molecule has 7 nitrogen and oxygen atoms in total. The molecule has 2 aromatic heterocycles. The van der Waals surface area contributed by atoms with E-state index in [1.807, 2.05) is 13.8 Å². The zero-order valence-corrected chi connectivity index (χ0v) is 15.9. The van der Waals surface area contributed by atoms with Gasteiger partial charge in [0.15, 0.2) is 5.65 Å². The third-order valence-corrected chi connectivity index (χ3v) is 5.17. The first-order valence-electron chi connectivity index (χ1n) is 9.17. The van der Waals surface area contributed by atoms with E-state index in [1.165, 1.54) is 13.5 Å². The van der Waals surface area contributed by atoms with E-state index in [-0.39, 0.29) is 5.91 Å². The van der Waals surface area contributed by atoms with Gasteiger partial charge in [-0.1, -0.05) is 13.3 Å². The van der Waals surface area contributed by atoms with E-state index in [2.05, 4.69) is 14.9 Å². The highest BCUT2D eigenvalue weighted by Gasteiger charge is 2.35. The normalized spacial score (nSPS) is 16.5. The maximum atomic E-state index is 13.0. The van der Waals surface area contributed by atoms with Gasteiger partial charge in [-0.15, -0.1) is 0 Å². The molecule has 2 aromatic rings. The van der Waals surface area contributed by atoms with Gasteiger partial charge in [-0.2, -0.15) is 0 Å². The summed E-state index contributed by atoms with van der Waals surface area (Å²) in [6.07, 6.45) is 4.69. The first-order chi connectivity index (χ1) is 12.4. The zero-order chi connectivity index (χ0) is 18.9. The average molecular weight is 358 g/mol. The Bertz CT molecular complexity index is 858. The third-order valence-electron chi connectivity index (χ3n) is 5.17. The highest BCUT2D eigenvalue weighted by atomic mass is 16.5. The lowest BCUT2D eigenvalue weighted by Gasteiger charge is -2.26. The smallest absolute Gasteiger partial charge is 0.331 e. The van der Waals surface area contributed by atoms with Gasteiger partial charge < -0.3 is 14.6 Å². The molecular formula is C19H26N4O3. The Labute approximate surface area is 153 Å². The van der Waals surface area contributed by atoms with E-state index in [0.29, 0.717) is 17.5 Å². The van der Waals surface area contributed by atoms with E-state index in [0.717, 1.165) is 43.0 Å². The first kappa shape index (κ1) is 18.4. The van der Waals surface area contributed by atoms with E-state index in [1.54, 1.807) is 13.0 Å². The van der Waals surface area contributed by atoms with Crippen molar-refractivity contribution >= 4 is 23.0 Å². The molecule has 1 aliphatic heterocycles. The highest BCUT2D eigenvalue weighted by molar-refractivity contribution is 6.06. The fraction of sp³-hybridized carbons (Fsp3) is 0.579. The lowest BCUT2D eigenvalue weighted by Crippen LogP contribution is -2.52. The van der Waals surface area contributed by atoms with Gasteiger partial charge in [-0.3, -0.25) is 4.79 Å². The molecule has 3 heterocycles. The Morgan fingerprint density at radius 3 is 2.77 bits per heavy atom. The van der Waals surface area contributed by atoms with Crippen LogP contribution in [0.1, 0.15) is 61.4 Å². The van der Waals surface area contributed by atoms with Crippen molar-refractivity contribution in [3.63, 3.8) is 0 Å². The molecule has 1 amide bonds. The fourth-order valence-corrected chi connectivity index (χ4v) is 3.42. The van der Waals surface area contributed by atoms with Crippen molar-refractivity contribution in [3.8, 4) is 0 Å². The molecule has 1 aliphatic rings. The molecule has 0 radical (unpaired) electrons. The maximum Gasteiger partial charge on any atom is 0.331 e. The molecule has 0 spiro atoms. The van der Waals surface area contributed by atoms with E-state index in [9.17, 15) is 9.59 Å². The molecule has 0 bridgehead atoms. The number of fused-ring (bicyclic) bond motifs is 3. The molecular weight excluding hydrogens is 332 g/mol. The molecule has 0 fully saturated rings. The van der Waals surface area contributed by atoms with Crippen molar-refractivity contribution in [1.29, 1.82) is 0 Å². The van der Waals surface area contributed by atoms with Crippen molar-refractivity contribution < 1.29 is 14.3 Å². The second kappa shape index (κ2) is 7.05. The van der Waals surface area contributed by atoms with Crippen LogP contribution < -0.4 is 5.32 Å². The van der Waals surface area contributed by atoms with Crippen LogP contribution >= 0.6 is 0 Å². The van der Waals surface area contributed by atoms with Gasteiger partial charge in [-0.05, 0) is 39.2 Å². The SMILES string of the molecule is CC[C@@](C)(NC(=O)c1cc(C)nc2c1nc1n2CCCCC1)C(=O)OC. The van der Waals surface area contributed by atoms with Crippen LogP contribution in [-0.2, 0) is 22.5 Å². The number of imidazole rings is 1. The predicted molar refractivity (Wildman–Crippen MR) is 98.0 cm³/mol. The Kier molecular flexibility index (Phi) is 4.98. The van der Waals surface area contributed by atoms with Crippen molar-refractivity contribution in [2.24, 2.45) is 0 Å². The Hall–Kier alpha value is -2.44. The number of carbonyl (C=O) groups is 2. The van der Waals surface area contributed by atoms with Gasteiger partial charge in [0.2, 0.25) is 0 Å². The quantitative estimate of drug-likeness (QED) is 0.849. The minimum atomic E-state index is -1.08. The van der Waals surface area contributed by atoms with Crippen LogP contribution in [0.3, 0.4) is 0 Å². The summed E-state index contributed by atoms with van der Waals surface area (Å²) in [5, 5.41) is 2.83. The van der Waals surface area contributed by atoms with Crippen molar-refractivity contribution in [1.82, 2.24) is 19.9 Å². The summed E-state index contributed by atoms with van der Waals surface area (Å²) in [7, 11) is 1.32. The number of hydrogen-bond donors (Lipinski definition) is 1. The molecule has 0 unspecified atom stereocenters. The van der Waals surface area contributed by atoms with Crippen LogP contribution in [-0.4, -0.2) is 39.1 Å². The first-order valence-corrected chi connectivity index (χ1v) is 9.17. The molecule has 140 valence electrons. The summed E-state index contributed by atoms with van der Waals surface area (Å²) in [4.78, 5) is 34.4. The number of pyridine rings is 1. The number of rotatable bonds is 4. The maximum absolute atomic E-state index is 13.0. The number of amides is 1. The van der Waals surface area contributed by atoms with Gasteiger partial charge >= 0.3 is 5.97 Å². The Morgan fingerprint density at radius 2 is 2.08 bits per heavy atom. The second-order valence-electron chi connectivity index (χ2n) is 7.11. The molecule has 0 saturated heterocycles. The number of aromatic nitrogens is 3. The van der Waals surface area contributed by atoms with Gasteiger partial charge in [0.05, 0.1) is 12.7 Å². The van der Waals surface area contributed by atoms with E-state index in [4.69, 9.17) is 9.72 Å². The summed E-state index contributed by atoms with van der Waals surface area (Å²) in [6.45, 7) is 6.25.